The molecule has 0 atom stereocenters. The summed E-state index contributed by atoms with van der Waals surface area (Å²) in [5.74, 6) is 0. The van der Waals surface area contributed by atoms with Gasteiger partial charge in [0.05, 0.1) is 11.6 Å². The number of hydrogen-bond acceptors (Lipinski definition) is 2. The van der Waals surface area contributed by atoms with E-state index in [1.165, 1.54) is 0 Å². The first-order valence-electron chi connectivity index (χ1n) is 4.11. The third-order valence-electron chi connectivity index (χ3n) is 1.84. The summed E-state index contributed by atoms with van der Waals surface area (Å²) in [6.07, 6.45) is 0.896. The van der Waals surface area contributed by atoms with Gasteiger partial charge in [-0.15, -0.1) is 0 Å². The molecule has 0 heterocycles. The molecule has 1 aromatic carbocycles. The van der Waals surface area contributed by atoms with Crippen LogP contribution in [0.2, 0.25) is 0 Å². The summed E-state index contributed by atoms with van der Waals surface area (Å²) in [6.45, 7) is 0.899. The molecule has 0 aliphatic rings. The molecule has 1 N–H and O–H groups in total. The molecule has 68 valence electrons. The van der Waals surface area contributed by atoms with Crippen molar-refractivity contribution >= 4 is 15.9 Å². The summed E-state index contributed by atoms with van der Waals surface area (Å²) < 4.78 is 0.956. The van der Waals surface area contributed by atoms with Crippen LogP contribution in [0.3, 0.4) is 0 Å². The smallest absolute Gasteiger partial charge is 0.0994 e. The van der Waals surface area contributed by atoms with Gasteiger partial charge >= 0.3 is 0 Å². The quantitative estimate of drug-likeness (QED) is 0.876. The van der Waals surface area contributed by atoms with Crippen LogP contribution >= 0.6 is 15.9 Å². The Morgan fingerprint density at radius 1 is 1.54 bits per heavy atom. The molecule has 0 fully saturated rings. The van der Waals surface area contributed by atoms with E-state index in [-0.39, 0.29) is 0 Å². The molecule has 3 heteroatoms. The first kappa shape index (κ1) is 10.2. The molecule has 0 amide bonds. The largest absolute Gasteiger partial charge is 0.319 e. The molecule has 1 rings (SSSR count). The molecule has 0 bridgehead atoms. The number of halogens is 1. The molecular weight excluding hydrogens is 228 g/mol. The van der Waals surface area contributed by atoms with Gasteiger partial charge in [-0.05, 0) is 37.7 Å². The third kappa shape index (κ3) is 2.83. The van der Waals surface area contributed by atoms with Gasteiger partial charge in [-0.1, -0.05) is 22.0 Å². The first-order valence-corrected chi connectivity index (χ1v) is 4.90. The Balaban J connectivity index is 2.88. The SMILES string of the molecule is CNCCc1ccc(Br)cc1C#N. The number of benzene rings is 1. The van der Waals surface area contributed by atoms with E-state index < -0.39 is 0 Å². The number of nitrogens with zero attached hydrogens (tertiary/aromatic N) is 1. The fraction of sp³-hybridized carbons (Fsp3) is 0.300. The Bertz CT molecular complexity index is 328. The fourth-order valence-electron chi connectivity index (χ4n) is 1.13. The van der Waals surface area contributed by atoms with Crippen molar-refractivity contribution < 1.29 is 0 Å². The Morgan fingerprint density at radius 2 is 2.31 bits per heavy atom. The zero-order valence-electron chi connectivity index (χ0n) is 7.47. The summed E-state index contributed by atoms with van der Waals surface area (Å²) >= 11 is 3.34. The van der Waals surface area contributed by atoms with Gasteiger partial charge in [0.2, 0.25) is 0 Å². The van der Waals surface area contributed by atoms with Crippen LogP contribution in [0.4, 0.5) is 0 Å². The molecule has 0 aliphatic carbocycles. The molecule has 0 saturated carbocycles. The fourth-order valence-corrected chi connectivity index (χ4v) is 1.49. The highest BCUT2D eigenvalue weighted by Gasteiger charge is 2.01. The average molecular weight is 239 g/mol. The first-order chi connectivity index (χ1) is 6.27. The van der Waals surface area contributed by atoms with Crippen molar-refractivity contribution in [1.29, 1.82) is 5.26 Å². The summed E-state index contributed by atoms with van der Waals surface area (Å²) in [5.41, 5.74) is 1.85. The highest BCUT2D eigenvalue weighted by atomic mass is 79.9. The van der Waals surface area contributed by atoms with Gasteiger partial charge < -0.3 is 5.32 Å². The maximum atomic E-state index is 8.85. The minimum atomic E-state index is 0.754. The van der Waals surface area contributed by atoms with Crippen molar-refractivity contribution in [1.82, 2.24) is 5.32 Å². The minimum absolute atomic E-state index is 0.754. The van der Waals surface area contributed by atoms with Gasteiger partial charge in [-0.25, -0.2) is 0 Å². The number of nitriles is 1. The van der Waals surface area contributed by atoms with E-state index in [1.807, 2.05) is 25.2 Å². The summed E-state index contributed by atoms with van der Waals surface area (Å²) in [4.78, 5) is 0. The van der Waals surface area contributed by atoms with Crippen LogP contribution < -0.4 is 5.32 Å². The Hall–Kier alpha value is -0.850. The number of likely N-dealkylation sites (N-methyl/N-ethyl adjacent to an activating group) is 1. The molecule has 2 nitrogen and oxygen atoms in total. The van der Waals surface area contributed by atoms with Crippen LogP contribution in [0.5, 0.6) is 0 Å². The van der Waals surface area contributed by atoms with Crippen molar-refractivity contribution in [2.45, 2.75) is 6.42 Å². The lowest BCUT2D eigenvalue weighted by Crippen LogP contribution is -2.11. The maximum absolute atomic E-state index is 8.85. The standard InChI is InChI=1S/C10H11BrN2/c1-13-5-4-8-2-3-10(11)6-9(8)7-12/h2-3,6,13H,4-5H2,1H3. The summed E-state index contributed by atoms with van der Waals surface area (Å²) in [5, 5.41) is 11.9. The Kier molecular flexibility index (Phi) is 3.94. The van der Waals surface area contributed by atoms with E-state index in [0.717, 1.165) is 28.6 Å². The van der Waals surface area contributed by atoms with Crippen LogP contribution in [0.25, 0.3) is 0 Å². The van der Waals surface area contributed by atoms with Crippen LogP contribution in [0, 0.1) is 11.3 Å². The molecule has 0 spiro atoms. The number of rotatable bonds is 3. The molecule has 0 unspecified atom stereocenters. The van der Waals surface area contributed by atoms with Gasteiger partial charge in [-0.2, -0.15) is 5.26 Å². The van der Waals surface area contributed by atoms with E-state index in [9.17, 15) is 0 Å². The Morgan fingerprint density at radius 3 is 2.92 bits per heavy atom. The van der Waals surface area contributed by atoms with Gasteiger partial charge in [0, 0.05) is 4.47 Å². The highest BCUT2D eigenvalue weighted by Crippen LogP contribution is 2.16. The van der Waals surface area contributed by atoms with Gasteiger partial charge in [0.25, 0.3) is 0 Å². The highest BCUT2D eigenvalue weighted by molar-refractivity contribution is 9.10. The van der Waals surface area contributed by atoms with E-state index in [4.69, 9.17) is 5.26 Å². The molecular formula is C10H11BrN2. The molecule has 0 aliphatic heterocycles. The third-order valence-corrected chi connectivity index (χ3v) is 2.33. The second-order valence-electron chi connectivity index (χ2n) is 2.77. The van der Waals surface area contributed by atoms with Crippen LogP contribution in [-0.4, -0.2) is 13.6 Å². The lowest BCUT2D eigenvalue weighted by molar-refractivity contribution is 0.790. The van der Waals surface area contributed by atoms with Gasteiger partial charge in [-0.3, -0.25) is 0 Å². The molecule has 13 heavy (non-hydrogen) atoms. The monoisotopic (exact) mass is 238 g/mol. The van der Waals surface area contributed by atoms with Crippen molar-refractivity contribution in [2.75, 3.05) is 13.6 Å². The number of nitrogens with one attached hydrogen (secondary N) is 1. The predicted molar refractivity (Wildman–Crippen MR) is 56.5 cm³/mol. The van der Waals surface area contributed by atoms with Crippen molar-refractivity contribution in [3.8, 4) is 6.07 Å². The van der Waals surface area contributed by atoms with Crippen molar-refractivity contribution in [3.05, 3.63) is 33.8 Å². The van der Waals surface area contributed by atoms with Crippen LogP contribution in [0.15, 0.2) is 22.7 Å². The lowest BCUT2D eigenvalue weighted by Gasteiger charge is -2.03. The average Bonchev–Trinajstić information content (AvgIpc) is 2.16. The maximum Gasteiger partial charge on any atom is 0.0994 e. The van der Waals surface area contributed by atoms with Crippen LogP contribution in [0.1, 0.15) is 11.1 Å². The molecule has 0 saturated heterocycles. The topological polar surface area (TPSA) is 35.8 Å². The van der Waals surface area contributed by atoms with E-state index >= 15 is 0 Å². The van der Waals surface area contributed by atoms with E-state index in [0.29, 0.717) is 0 Å². The zero-order chi connectivity index (χ0) is 9.68. The van der Waals surface area contributed by atoms with Gasteiger partial charge in [0.1, 0.15) is 0 Å². The van der Waals surface area contributed by atoms with E-state index in [1.54, 1.807) is 0 Å². The normalized spacial score (nSPS) is 9.62. The summed E-state index contributed by atoms with van der Waals surface area (Å²) in [6, 6.07) is 7.99. The predicted octanol–water partition coefficient (Wildman–Crippen LogP) is 2.08. The molecule has 0 aromatic heterocycles. The van der Waals surface area contributed by atoms with Crippen molar-refractivity contribution in [2.24, 2.45) is 0 Å². The Labute approximate surface area is 86.7 Å². The van der Waals surface area contributed by atoms with Crippen molar-refractivity contribution in [3.63, 3.8) is 0 Å². The zero-order valence-corrected chi connectivity index (χ0v) is 9.06. The lowest BCUT2D eigenvalue weighted by atomic mass is 10.1. The second kappa shape index (κ2) is 5.00. The molecule has 0 radical (unpaired) electrons. The minimum Gasteiger partial charge on any atom is -0.319 e. The van der Waals surface area contributed by atoms with Gasteiger partial charge in [0.15, 0.2) is 0 Å². The second-order valence-corrected chi connectivity index (χ2v) is 3.68. The summed E-state index contributed by atoms with van der Waals surface area (Å²) in [7, 11) is 1.91. The van der Waals surface area contributed by atoms with E-state index in [2.05, 4.69) is 27.3 Å². The molecule has 1 aromatic rings. The van der Waals surface area contributed by atoms with Crippen LogP contribution in [-0.2, 0) is 6.42 Å². The number of hydrogen-bond donors (Lipinski definition) is 1.